The molecule has 0 saturated carbocycles. The average Bonchev–Trinajstić information content (AvgIpc) is 2.97. The standard InChI is InChI=1S/C19H31NO6/c1-3-16(25-12-24-10-9-23-2)15-6-4-5-14-13-11-19(22)26-17(13)7-8-18(21)20(14)15/h13-17H,3-12H2,1-2H3/t13-,14-,15+,16+,17+/m0/s1. The first-order chi connectivity index (χ1) is 12.7. The zero-order valence-electron chi connectivity index (χ0n) is 15.9. The Balaban J connectivity index is 1.68. The third-order valence-electron chi connectivity index (χ3n) is 5.93. The minimum Gasteiger partial charge on any atom is -0.462 e. The molecule has 0 unspecified atom stereocenters. The van der Waals surface area contributed by atoms with Crippen LogP contribution in [0.4, 0.5) is 0 Å². The second-order valence-corrected chi connectivity index (χ2v) is 7.43. The number of carbonyl (C=O) groups is 2. The molecule has 26 heavy (non-hydrogen) atoms. The van der Waals surface area contributed by atoms with Crippen molar-refractivity contribution in [2.24, 2.45) is 5.92 Å². The summed E-state index contributed by atoms with van der Waals surface area (Å²) in [7, 11) is 1.64. The van der Waals surface area contributed by atoms with Crippen molar-refractivity contribution in [1.82, 2.24) is 4.90 Å². The fraction of sp³-hybridized carbons (Fsp3) is 0.895. The van der Waals surface area contributed by atoms with Gasteiger partial charge < -0.3 is 23.8 Å². The van der Waals surface area contributed by atoms with E-state index in [9.17, 15) is 9.59 Å². The lowest BCUT2D eigenvalue weighted by atomic mass is 9.82. The van der Waals surface area contributed by atoms with Crippen molar-refractivity contribution in [1.29, 1.82) is 0 Å². The summed E-state index contributed by atoms with van der Waals surface area (Å²) in [6.07, 6.45) is 5.11. The Morgan fingerprint density at radius 1 is 1.23 bits per heavy atom. The third-order valence-corrected chi connectivity index (χ3v) is 5.93. The van der Waals surface area contributed by atoms with Crippen molar-refractivity contribution in [2.45, 2.75) is 76.2 Å². The number of esters is 1. The Hall–Kier alpha value is -1.18. The summed E-state index contributed by atoms with van der Waals surface area (Å²) in [4.78, 5) is 26.7. The molecule has 3 aliphatic heterocycles. The minimum atomic E-state index is -0.119. The summed E-state index contributed by atoms with van der Waals surface area (Å²) < 4.78 is 21.9. The van der Waals surface area contributed by atoms with Gasteiger partial charge in [-0.1, -0.05) is 6.92 Å². The molecular weight excluding hydrogens is 338 g/mol. The van der Waals surface area contributed by atoms with Crippen molar-refractivity contribution in [3.8, 4) is 0 Å². The lowest BCUT2D eigenvalue weighted by molar-refractivity contribution is -0.155. The van der Waals surface area contributed by atoms with Crippen LogP contribution >= 0.6 is 0 Å². The van der Waals surface area contributed by atoms with Gasteiger partial charge in [-0.3, -0.25) is 9.59 Å². The molecule has 5 atom stereocenters. The highest BCUT2D eigenvalue weighted by Gasteiger charge is 2.49. The number of hydrogen-bond acceptors (Lipinski definition) is 6. The molecule has 0 aromatic heterocycles. The van der Waals surface area contributed by atoms with Gasteiger partial charge in [-0.15, -0.1) is 0 Å². The molecule has 3 heterocycles. The van der Waals surface area contributed by atoms with Gasteiger partial charge in [0.25, 0.3) is 0 Å². The first kappa shape index (κ1) is 19.6. The number of nitrogens with zero attached hydrogens (tertiary/aromatic N) is 1. The summed E-state index contributed by atoms with van der Waals surface area (Å²) in [5.41, 5.74) is 0. The van der Waals surface area contributed by atoms with Crippen LogP contribution in [0.15, 0.2) is 0 Å². The zero-order valence-corrected chi connectivity index (χ0v) is 15.9. The Bertz CT molecular complexity index is 498. The first-order valence-corrected chi connectivity index (χ1v) is 9.84. The third kappa shape index (κ3) is 4.21. The van der Waals surface area contributed by atoms with Gasteiger partial charge in [0.2, 0.25) is 5.91 Å². The second-order valence-electron chi connectivity index (χ2n) is 7.43. The molecule has 3 saturated heterocycles. The van der Waals surface area contributed by atoms with E-state index >= 15 is 0 Å². The number of ether oxygens (including phenoxy) is 4. The fourth-order valence-electron chi connectivity index (χ4n) is 4.73. The van der Waals surface area contributed by atoms with Crippen molar-refractivity contribution in [3.05, 3.63) is 0 Å². The molecule has 0 aromatic carbocycles. The van der Waals surface area contributed by atoms with E-state index in [1.165, 1.54) is 0 Å². The van der Waals surface area contributed by atoms with E-state index in [4.69, 9.17) is 18.9 Å². The Labute approximate surface area is 155 Å². The van der Waals surface area contributed by atoms with Crippen LogP contribution in [-0.2, 0) is 28.5 Å². The zero-order chi connectivity index (χ0) is 18.5. The van der Waals surface area contributed by atoms with Crippen LogP contribution in [0, 0.1) is 5.92 Å². The fourth-order valence-corrected chi connectivity index (χ4v) is 4.73. The normalized spacial score (nSPS) is 32.6. The molecule has 7 nitrogen and oxygen atoms in total. The van der Waals surface area contributed by atoms with E-state index in [0.717, 1.165) is 25.7 Å². The number of fused-ring (bicyclic) bond motifs is 3. The number of amides is 1. The van der Waals surface area contributed by atoms with Crippen LogP contribution in [0.25, 0.3) is 0 Å². The van der Waals surface area contributed by atoms with Gasteiger partial charge in [-0.05, 0) is 32.1 Å². The molecular formula is C19H31NO6. The molecule has 0 bridgehead atoms. The van der Waals surface area contributed by atoms with Crippen molar-refractivity contribution >= 4 is 11.9 Å². The Morgan fingerprint density at radius 2 is 2.08 bits per heavy atom. The molecule has 0 spiro atoms. The number of rotatable bonds is 8. The molecule has 1 amide bonds. The predicted octanol–water partition coefficient (Wildman–Crippen LogP) is 1.88. The van der Waals surface area contributed by atoms with Crippen LogP contribution in [0.2, 0.25) is 0 Å². The molecule has 0 aliphatic carbocycles. The summed E-state index contributed by atoms with van der Waals surface area (Å²) in [6.45, 7) is 3.31. The maximum Gasteiger partial charge on any atom is 0.306 e. The van der Waals surface area contributed by atoms with Crippen LogP contribution in [0.3, 0.4) is 0 Å². The predicted molar refractivity (Wildman–Crippen MR) is 93.4 cm³/mol. The summed E-state index contributed by atoms with van der Waals surface area (Å²) in [5, 5.41) is 0. The van der Waals surface area contributed by atoms with Crippen molar-refractivity contribution < 1.29 is 28.5 Å². The van der Waals surface area contributed by atoms with E-state index in [2.05, 4.69) is 6.92 Å². The summed E-state index contributed by atoms with van der Waals surface area (Å²) >= 11 is 0. The maximum atomic E-state index is 12.9. The number of piperidine rings is 1. The molecule has 148 valence electrons. The number of hydrogen-bond donors (Lipinski definition) is 0. The van der Waals surface area contributed by atoms with Crippen LogP contribution in [-0.4, -0.2) is 68.2 Å². The van der Waals surface area contributed by atoms with Gasteiger partial charge in [0, 0.05) is 25.5 Å². The molecule has 0 radical (unpaired) electrons. The minimum absolute atomic E-state index is 0.0479. The number of methoxy groups -OCH3 is 1. The van der Waals surface area contributed by atoms with Gasteiger partial charge >= 0.3 is 5.97 Å². The van der Waals surface area contributed by atoms with Gasteiger partial charge in [0.1, 0.15) is 12.9 Å². The smallest absolute Gasteiger partial charge is 0.306 e. The highest BCUT2D eigenvalue weighted by atomic mass is 16.7. The largest absolute Gasteiger partial charge is 0.462 e. The van der Waals surface area contributed by atoms with E-state index < -0.39 is 0 Å². The van der Waals surface area contributed by atoms with Crippen LogP contribution in [0.1, 0.15) is 51.9 Å². The monoisotopic (exact) mass is 369 g/mol. The van der Waals surface area contributed by atoms with Gasteiger partial charge in [0.15, 0.2) is 0 Å². The molecule has 0 N–H and O–H groups in total. The summed E-state index contributed by atoms with van der Waals surface area (Å²) in [6, 6.07) is 0.138. The average molecular weight is 369 g/mol. The van der Waals surface area contributed by atoms with Crippen molar-refractivity contribution in [3.63, 3.8) is 0 Å². The maximum absolute atomic E-state index is 12.9. The molecule has 3 aliphatic rings. The molecule has 3 fully saturated rings. The van der Waals surface area contributed by atoms with Crippen molar-refractivity contribution in [2.75, 3.05) is 27.1 Å². The van der Waals surface area contributed by atoms with E-state index in [1.807, 2.05) is 4.90 Å². The Morgan fingerprint density at radius 3 is 2.85 bits per heavy atom. The van der Waals surface area contributed by atoms with Gasteiger partial charge in [0.05, 0.1) is 31.8 Å². The SMILES string of the molecule is CC[C@@H](OCOCCOC)[C@H]1CCC[C@H]2[C@@H]3CC(=O)O[C@@H]3CCC(=O)N12. The van der Waals surface area contributed by atoms with Gasteiger partial charge in [-0.25, -0.2) is 0 Å². The topological polar surface area (TPSA) is 74.3 Å². The van der Waals surface area contributed by atoms with Crippen LogP contribution < -0.4 is 0 Å². The van der Waals surface area contributed by atoms with Crippen LogP contribution in [0.5, 0.6) is 0 Å². The first-order valence-electron chi connectivity index (χ1n) is 9.84. The Kier molecular flexibility index (Phi) is 6.89. The van der Waals surface area contributed by atoms with Gasteiger partial charge in [-0.2, -0.15) is 0 Å². The van der Waals surface area contributed by atoms with E-state index in [1.54, 1.807) is 7.11 Å². The highest BCUT2D eigenvalue weighted by molar-refractivity contribution is 5.79. The second kappa shape index (κ2) is 9.15. The molecule has 3 rings (SSSR count). The highest BCUT2D eigenvalue weighted by Crippen LogP contribution is 2.41. The number of carbonyl (C=O) groups excluding carboxylic acids is 2. The lowest BCUT2D eigenvalue weighted by Gasteiger charge is -2.46. The summed E-state index contributed by atoms with van der Waals surface area (Å²) in [5.74, 6) is 0.186. The lowest BCUT2D eigenvalue weighted by Crippen LogP contribution is -2.57. The quantitative estimate of drug-likeness (QED) is 0.369. The molecule has 0 aromatic rings. The van der Waals surface area contributed by atoms with E-state index in [0.29, 0.717) is 32.5 Å². The van der Waals surface area contributed by atoms with E-state index in [-0.39, 0.29) is 48.9 Å². The molecule has 7 heteroatoms.